The van der Waals surface area contributed by atoms with Gasteiger partial charge in [0, 0.05) is 0 Å². The molecule has 0 spiro atoms. The summed E-state index contributed by atoms with van der Waals surface area (Å²) in [6, 6.07) is 0. The van der Waals surface area contributed by atoms with Crippen LogP contribution < -0.4 is 0 Å². The SMILES string of the molecule is CO/N=[N+](\[O-])CC(=O)OC. The molecule has 0 atom stereocenters. The predicted molar refractivity (Wildman–Crippen MR) is 29.9 cm³/mol. The van der Waals surface area contributed by atoms with Gasteiger partial charge in [0.2, 0.25) is 0 Å². The first-order chi connectivity index (χ1) is 4.70. The average molecular weight is 148 g/mol. The van der Waals surface area contributed by atoms with Gasteiger partial charge >= 0.3 is 5.97 Å². The van der Waals surface area contributed by atoms with Gasteiger partial charge in [-0.05, 0) is 4.86 Å². The fourth-order valence-electron chi connectivity index (χ4n) is 0.295. The summed E-state index contributed by atoms with van der Waals surface area (Å²) in [6.07, 6.45) is 0. The summed E-state index contributed by atoms with van der Waals surface area (Å²) in [5, 5.41) is 13.2. The molecular weight excluding hydrogens is 140 g/mol. The molecule has 0 saturated carbocycles. The molecule has 0 saturated heterocycles. The number of methoxy groups -OCH3 is 1. The lowest BCUT2D eigenvalue weighted by Crippen LogP contribution is -2.15. The van der Waals surface area contributed by atoms with E-state index in [2.05, 4.69) is 14.9 Å². The quantitative estimate of drug-likeness (QED) is 0.238. The highest BCUT2D eigenvalue weighted by atomic mass is 16.7. The minimum atomic E-state index is -0.657. The summed E-state index contributed by atoms with van der Waals surface area (Å²) < 4.78 is 4.17. The molecule has 0 radical (unpaired) electrons. The largest absolute Gasteiger partial charge is 0.597 e. The van der Waals surface area contributed by atoms with Gasteiger partial charge in [-0.25, -0.2) is 4.79 Å². The van der Waals surface area contributed by atoms with Gasteiger partial charge in [-0.2, -0.15) is 0 Å². The van der Waals surface area contributed by atoms with Gasteiger partial charge in [0.15, 0.2) is 5.28 Å². The Balaban J connectivity index is 3.67. The molecular formula is C4H8N2O4. The lowest BCUT2D eigenvalue weighted by Gasteiger charge is -1.96. The number of hydrogen-bond acceptors (Lipinski definition) is 5. The minimum Gasteiger partial charge on any atom is -0.597 e. The Morgan fingerprint density at radius 3 is 2.70 bits per heavy atom. The van der Waals surface area contributed by atoms with Crippen molar-refractivity contribution in [3.63, 3.8) is 0 Å². The Morgan fingerprint density at radius 2 is 2.30 bits per heavy atom. The van der Waals surface area contributed by atoms with E-state index in [0.717, 1.165) is 0 Å². The zero-order valence-electron chi connectivity index (χ0n) is 5.73. The lowest BCUT2D eigenvalue weighted by molar-refractivity contribution is -0.548. The first kappa shape index (κ1) is 8.67. The van der Waals surface area contributed by atoms with Crippen LogP contribution in [-0.2, 0) is 14.4 Å². The molecule has 0 aliphatic rings. The van der Waals surface area contributed by atoms with E-state index in [1.54, 1.807) is 0 Å². The van der Waals surface area contributed by atoms with Crippen molar-refractivity contribution in [3.05, 3.63) is 5.21 Å². The molecule has 0 amide bonds. The van der Waals surface area contributed by atoms with Gasteiger partial charge in [0.1, 0.15) is 7.11 Å². The number of rotatable bonds is 3. The van der Waals surface area contributed by atoms with Crippen molar-refractivity contribution in [1.82, 2.24) is 0 Å². The van der Waals surface area contributed by atoms with E-state index in [0.29, 0.717) is 0 Å². The first-order valence-corrected chi connectivity index (χ1v) is 2.46. The minimum absolute atomic E-state index is 0.0891. The molecule has 0 rings (SSSR count). The smallest absolute Gasteiger partial charge is 0.376 e. The number of carbonyl (C=O) groups is 1. The second-order valence-corrected chi connectivity index (χ2v) is 1.35. The number of esters is 1. The van der Waals surface area contributed by atoms with Crippen molar-refractivity contribution in [1.29, 1.82) is 0 Å². The van der Waals surface area contributed by atoms with Gasteiger partial charge in [0.25, 0.3) is 6.54 Å². The van der Waals surface area contributed by atoms with Crippen molar-refractivity contribution >= 4 is 5.97 Å². The molecule has 0 aromatic heterocycles. The maximum absolute atomic E-state index is 10.3. The standard InChI is InChI=1S/C4H8N2O4/c1-9-4(7)3-6(8)5-10-2/h3H2,1-2H3/b6-5-. The summed E-state index contributed by atoms with van der Waals surface area (Å²) in [4.78, 5) is 14.5. The predicted octanol–water partition coefficient (Wildman–Crippen LogP) is -0.317. The highest BCUT2D eigenvalue weighted by molar-refractivity contribution is 5.70. The van der Waals surface area contributed by atoms with E-state index in [4.69, 9.17) is 0 Å². The van der Waals surface area contributed by atoms with E-state index in [9.17, 15) is 10.0 Å². The van der Waals surface area contributed by atoms with E-state index in [-0.39, 0.29) is 4.86 Å². The highest BCUT2D eigenvalue weighted by Crippen LogP contribution is 1.79. The van der Waals surface area contributed by atoms with Crippen molar-refractivity contribution < 1.29 is 19.2 Å². The molecule has 0 aromatic rings. The third-order valence-electron chi connectivity index (χ3n) is 0.665. The van der Waals surface area contributed by atoms with Crippen molar-refractivity contribution in [2.24, 2.45) is 5.28 Å². The Morgan fingerprint density at radius 1 is 1.70 bits per heavy atom. The third kappa shape index (κ3) is 3.65. The maximum Gasteiger partial charge on any atom is 0.376 e. The summed E-state index contributed by atoms with van der Waals surface area (Å²) in [5.41, 5.74) is 0. The second kappa shape index (κ2) is 4.54. The number of hydrogen-bond donors (Lipinski definition) is 0. The summed E-state index contributed by atoms with van der Waals surface area (Å²) in [6.45, 7) is -0.454. The molecule has 6 heteroatoms. The Hall–Kier alpha value is -1.33. The summed E-state index contributed by atoms with van der Waals surface area (Å²) >= 11 is 0. The molecule has 58 valence electrons. The summed E-state index contributed by atoms with van der Waals surface area (Å²) in [5.74, 6) is -0.657. The number of hydroxylamine groups is 1. The van der Waals surface area contributed by atoms with Crippen LogP contribution in [0.2, 0.25) is 0 Å². The van der Waals surface area contributed by atoms with Gasteiger partial charge < -0.3 is 14.8 Å². The van der Waals surface area contributed by atoms with Crippen LogP contribution in [0.1, 0.15) is 0 Å². The van der Waals surface area contributed by atoms with Crippen LogP contribution in [0.3, 0.4) is 0 Å². The topological polar surface area (TPSA) is 74.0 Å². The zero-order chi connectivity index (χ0) is 7.98. The zero-order valence-corrected chi connectivity index (χ0v) is 5.73. The normalized spacial score (nSPS) is 10.8. The van der Waals surface area contributed by atoms with Gasteiger partial charge in [-0.15, -0.1) is 0 Å². The first-order valence-electron chi connectivity index (χ1n) is 2.46. The molecule has 0 unspecified atom stereocenters. The van der Waals surface area contributed by atoms with Crippen molar-refractivity contribution in [2.75, 3.05) is 20.8 Å². The molecule has 0 heterocycles. The number of ether oxygens (including phenoxy) is 1. The van der Waals surface area contributed by atoms with Crippen LogP contribution in [0, 0.1) is 5.21 Å². The molecule has 0 bridgehead atoms. The molecule has 0 aliphatic heterocycles. The van der Waals surface area contributed by atoms with Crippen LogP contribution in [0.15, 0.2) is 5.28 Å². The molecule has 0 aromatic carbocycles. The van der Waals surface area contributed by atoms with E-state index in [1.807, 2.05) is 0 Å². The van der Waals surface area contributed by atoms with Gasteiger partial charge in [0.05, 0.1) is 7.11 Å². The van der Waals surface area contributed by atoms with Crippen LogP contribution in [0.25, 0.3) is 0 Å². The Labute approximate surface area is 57.6 Å². The average Bonchev–Trinajstić information content (AvgIpc) is 1.88. The van der Waals surface area contributed by atoms with Crippen molar-refractivity contribution in [3.8, 4) is 0 Å². The molecule has 0 fully saturated rings. The second-order valence-electron chi connectivity index (χ2n) is 1.35. The fourth-order valence-corrected chi connectivity index (χ4v) is 0.295. The molecule has 6 nitrogen and oxygen atoms in total. The van der Waals surface area contributed by atoms with Crippen LogP contribution in [0.4, 0.5) is 0 Å². The fraction of sp³-hybridized carbons (Fsp3) is 0.750. The van der Waals surface area contributed by atoms with Crippen LogP contribution in [0.5, 0.6) is 0 Å². The third-order valence-corrected chi connectivity index (χ3v) is 0.665. The number of nitrogens with zero attached hydrogens (tertiary/aromatic N) is 2. The van der Waals surface area contributed by atoms with Crippen molar-refractivity contribution in [2.45, 2.75) is 0 Å². The van der Waals surface area contributed by atoms with Crippen LogP contribution in [-0.4, -0.2) is 31.6 Å². The molecule has 0 N–H and O–H groups in total. The Kier molecular flexibility index (Phi) is 3.94. The number of carbonyl (C=O) groups excluding carboxylic acids is 1. The molecule has 0 aliphatic carbocycles. The lowest BCUT2D eigenvalue weighted by atomic mass is 10.7. The Bertz CT molecular complexity index is 144. The maximum atomic E-state index is 10.3. The van der Waals surface area contributed by atoms with Crippen LogP contribution >= 0.6 is 0 Å². The van der Waals surface area contributed by atoms with E-state index >= 15 is 0 Å². The van der Waals surface area contributed by atoms with E-state index < -0.39 is 12.5 Å². The summed E-state index contributed by atoms with van der Waals surface area (Å²) in [7, 11) is 2.39. The molecule has 10 heavy (non-hydrogen) atoms. The monoisotopic (exact) mass is 148 g/mol. The van der Waals surface area contributed by atoms with E-state index in [1.165, 1.54) is 14.2 Å². The van der Waals surface area contributed by atoms with Gasteiger partial charge in [-0.1, -0.05) is 0 Å². The highest BCUT2D eigenvalue weighted by Gasteiger charge is 2.06. The van der Waals surface area contributed by atoms with Gasteiger partial charge in [-0.3, -0.25) is 0 Å².